The van der Waals surface area contributed by atoms with Gasteiger partial charge in [-0.3, -0.25) is 20.6 Å². The zero-order chi connectivity index (χ0) is 23.9. The molecule has 0 aliphatic carbocycles. The van der Waals surface area contributed by atoms with Gasteiger partial charge in [-0.25, -0.2) is 14.7 Å². The van der Waals surface area contributed by atoms with Crippen molar-refractivity contribution in [2.45, 2.75) is 12.4 Å². The first kappa shape index (κ1) is 24.3. The quantitative estimate of drug-likeness (QED) is 0.287. The van der Waals surface area contributed by atoms with E-state index in [0.29, 0.717) is 12.1 Å². The summed E-state index contributed by atoms with van der Waals surface area (Å²) in [5, 5.41) is 3.77. The largest absolute Gasteiger partial charge is 0.416 e. The zero-order valence-electron chi connectivity index (χ0n) is 16.2. The lowest BCUT2D eigenvalue weighted by atomic mass is 10.0. The molecule has 1 aromatic heterocycles. The van der Waals surface area contributed by atoms with E-state index >= 15 is 0 Å². The lowest BCUT2D eigenvalue weighted by Crippen LogP contribution is -2.34. The highest BCUT2D eigenvalue weighted by Gasteiger charge is 2.37. The van der Waals surface area contributed by atoms with E-state index in [1.54, 1.807) is 0 Å². The van der Waals surface area contributed by atoms with Gasteiger partial charge in [0, 0.05) is 37.3 Å². The number of hydrogen-bond donors (Lipinski definition) is 2. The molecule has 14 heteroatoms. The Hall–Kier alpha value is -3.97. The molecular weight excluding hydrogens is 444 g/mol. The molecule has 0 fully saturated rings. The Labute approximate surface area is 177 Å². The minimum atomic E-state index is -5.00. The number of nitrogens with zero attached hydrogens (tertiary/aromatic N) is 5. The van der Waals surface area contributed by atoms with Gasteiger partial charge in [0.2, 0.25) is 0 Å². The summed E-state index contributed by atoms with van der Waals surface area (Å²) in [6, 6.07) is 1.01. The van der Waals surface area contributed by atoms with Crippen LogP contribution in [0, 0.1) is 0 Å². The minimum Gasteiger partial charge on any atom is -0.295 e. The van der Waals surface area contributed by atoms with Crippen LogP contribution in [0.3, 0.4) is 0 Å². The van der Waals surface area contributed by atoms with E-state index in [2.05, 4.69) is 37.5 Å². The summed E-state index contributed by atoms with van der Waals surface area (Å²) < 4.78 is 78.9. The van der Waals surface area contributed by atoms with Crippen molar-refractivity contribution >= 4 is 24.5 Å². The van der Waals surface area contributed by atoms with E-state index in [1.807, 2.05) is 0 Å². The van der Waals surface area contributed by atoms with Crippen LogP contribution in [0.1, 0.15) is 11.1 Å². The summed E-state index contributed by atoms with van der Waals surface area (Å²) in [4.78, 5) is 22.9. The highest BCUT2D eigenvalue weighted by molar-refractivity contribution is 6.16. The SMILES string of the molecule is C=C(/N=C\C=N/C)NNC(=O)/C=C\n1cnc(-c2cc(C(F)(F)F)cc(C(F)(F)F)c2)n1. The molecule has 170 valence electrons. The van der Waals surface area contributed by atoms with Gasteiger partial charge in [0.05, 0.1) is 11.1 Å². The number of hydrogen-bond acceptors (Lipinski definition) is 6. The Bertz CT molecular complexity index is 1030. The Balaban J connectivity index is 2.15. The number of halogens is 6. The first-order valence-corrected chi connectivity index (χ1v) is 8.49. The molecular formula is C18H15F6N7O. The van der Waals surface area contributed by atoms with Gasteiger partial charge in [0.1, 0.15) is 12.1 Å². The molecule has 0 saturated heterocycles. The molecule has 0 aliphatic heterocycles. The molecule has 0 aliphatic rings. The van der Waals surface area contributed by atoms with Crippen molar-refractivity contribution in [3.8, 4) is 11.4 Å². The van der Waals surface area contributed by atoms with E-state index in [1.165, 1.54) is 19.5 Å². The van der Waals surface area contributed by atoms with Crippen LogP contribution in [0.2, 0.25) is 0 Å². The van der Waals surface area contributed by atoms with Gasteiger partial charge in [-0.05, 0) is 18.2 Å². The van der Waals surface area contributed by atoms with Crippen LogP contribution in [0.5, 0.6) is 0 Å². The molecule has 1 heterocycles. The van der Waals surface area contributed by atoms with Crippen LogP contribution in [0.25, 0.3) is 17.6 Å². The molecule has 2 rings (SSSR count). The fourth-order valence-corrected chi connectivity index (χ4v) is 2.10. The van der Waals surface area contributed by atoms with E-state index in [9.17, 15) is 31.1 Å². The maximum Gasteiger partial charge on any atom is 0.416 e. The molecule has 8 nitrogen and oxygen atoms in total. The third-order valence-corrected chi connectivity index (χ3v) is 3.51. The number of amides is 1. The maximum atomic E-state index is 13.0. The Morgan fingerprint density at radius 2 is 1.69 bits per heavy atom. The van der Waals surface area contributed by atoms with Crippen LogP contribution >= 0.6 is 0 Å². The highest BCUT2D eigenvalue weighted by Crippen LogP contribution is 2.37. The molecule has 0 saturated carbocycles. The van der Waals surface area contributed by atoms with Gasteiger partial charge in [-0.1, -0.05) is 6.58 Å². The summed E-state index contributed by atoms with van der Waals surface area (Å²) in [7, 11) is 1.53. The van der Waals surface area contributed by atoms with Crippen molar-refractivity contribution < 1.29 is 31.1 Å². The van der Waals surface area contributed by atoms with E-state index in [0.717, 1.165) is 23.3 Å². The first-order valence-electron chi connectivity index (χ1n) is 8.49. The van der Waals surface area contributed by atoms with Gasteiger partial charge in [0.25, 0.3) is 5.91 Å². The molecule has 0 radical (unpaired) electrons. The molecule has 0 spiro atoms. The maximum absolute atomic E-state index is 13.0. The Morgan fingerprint density at radius 3 is 2.25 bits per heavy atom. The monoisotopic (exact) mass is 459 g/mol. The lowest BCUT2D eigenvalue weighted by molar-refractivity contribution is -0.143. The first-order chi connectivity index (χ1) is 14.9. The third-order valence-electron chi connectivity index (χ3n) is 3.51. The average Bonchev–Trinajstić information content (AvgIpc) is 3.18. The smallest absolute Gasteiger partial charge is 0.295 e. The summed E-state index contributed by atoms with van der Waals surface area (Å²) in [5.41, 5.74) is 1.13. The van der Waals surface area contributed by atoms with E-state index in [4.69, 9.17) is 0 Å². The number of rotatable bonds is 7. The number of carbonyl (C=O) groups excluding carboxylic acids is 1. The standard InChI is InChI=1S/C18H15F6N7O/c1-11(26-5-4-25-2)28-29-15(32)3-6-31-10-27-16(30-31)12-7-13(17(19,20)21)9-14(8-12)18(22,23)24/h3-10,28H,1H2,2H3,(H,29,32)/b6-3-,25-4-,26-5-. The van der Waals surface area contributed by atoms with Crippen LogP contribution in [0.15, 0.2) is 53.0 Å². The average molecular weight is 459 g/mol. The van der Waals surface area contributed by atoms with Crippen LogP contribution in [-0.4, -0.2) is 40.1 Å². The third kappa shape index (κ3) is 7.07. The number of aliphatic imine (C=N–C) groups is 2. The second kappa shape index (κ2) is 9.89. The number of aromatic nitrogens is 3. The van der Waals surface area contributed by atoms with Crippen molar-refractivity contribution in [3.05, 3.63) is 54.1 Å². The second-order valence-corrected chi connectivity index (χ2v) is 5.90. The topological polar surface area (TPSA) is 96.6 Å². The zero-order valence-corrected chi connectivity index (χ0v) is 16.2. The fraction of sp³-hybridized carbons (Fsp3) is 0.167. The second-order valence-electron chi connectivity index (χ2n) is 5.90. The van der Waals surface area contributed by atoms with E-state index < -0.39 is 40.8 Å². The molecule has 0 unspecified atom stereocenters. The predicted molar refractivity (Wildman–Crippen MR) is 104 cm³/mol. The normalized spacial score (nSPS) is 12.7. The molecule has 0 atom stereocenters. The summed E-state index contributed by atoms with van der Waals surface area (Å²) in [5.74, 6) is -0.981. The molecule has 2 N–H and O–H groups in total. The fourth-order valence-electron chi connectivity index (χ4n) is 2.10. The van der Waals surface area contributed by atoms with Crippen molar-refractivity contribution in [1.82, 2.24) is 25.6 Å². The number of benzene rings is 1. The summed E-state index contributed by atoms with van der Waals surface area (Å²) in [6.07, 6.45) is -4.22. The molecule has 1 aromatic carbocycles. The van der Waals surface area contributed by atoms with Gasteiger partial charge in [0.15, 0.2) is 5.82 Å². The van der Waals surface area contributed by atoms with Crippen molar-refractivity contribution in [2.75, 3.05) is 7.05 Å². The molecule has 32 heavy (non-hydrogen) atoms. The van der Waals surface area contributed by atoms with Gasteiger partial charge in [-0.2, -0.15) is 26.3 Å². The molecule has 0 bridgehead atoms. The van der Waals surface area contributed by atoms with Gasteiger partial charge < -0.3 is 0 Å². The number of alkyl halides is 6. The van der Waals surface area contributed by atoms with Crippen molar-refractivity contribution in [2.24, 2.45) is 9.98 Å². The van der Waals surface area contributed by atoms with Gasteiger partial charge >= 0.3 is 12.4 Å². The van der Waals surface area contributed by atoms with Crippen LogP contribution in [0.4, 0.5) is 26.3 Å². The summed E-state index contributed by atoms with van der Waals surface area (Å²) >= 11 is 0. The van der Waals surface area contributed by atoms with Gasteiger partial charge in [-0.15, -0.1) is 5.10 Å². The minimum absolute atomic E-state index is 0.00466. The highest BCUT2D eigenvalue weighted by atomic mass is 19.4. The Kier molecular flexibility index (Phi) is 7.51. The molecule has 2 aromatic rings. The number of nitrogens with one attached hydrogen (secondary N) is 2. The molecule has 1 amide bonds. The lowest BCUT2D eigenvalue weighted by Gasteiger charge is -2.13. The van der Waals surface area contributed by atoms with Crippen LogP contribution in [-0.2, 0) is 17.1 Å². The number of carbonyl (C=O) groups is 1. The summed E-state index contributed by atoms with van der Waals surface area (Å²) in [6.45, 7) is 3.51. The van der Waals surface area contributed by atoms with E-state index in [-0.39, 0.29) is 11.9 Å². The Morgan fingerprint density at radius 1 is 1.06 bits per heavy atom. The van der Waals surface area contributed by atoms with Crippen LogP contribution < -0.4 is 10.9 Å². The van der Waals surface area contributed by atoms with Crippen molar-refractivity contribution in [3.63, 3.8) is 0 Å². The van der Waals surface area contributed by atoms with Crippen molar-refractivity contribution in [1.29, 1.82) is 0 Å². The predicted octanol–water partition coefficient (Wildman–Crippen LogP) is 3.32. The number of hydrazine groups is 1.